The molecular formula is C15H18N6O2. The Balaban J connectivity index is 1.73. The number of rotatable bonds is 3. The lowest BCUT2D eigenvalue weighted by Crippen LogP contribution is -2.35. The van der Waals surface area contributed by atoms with Crippen molar-refractivity contribution in [3.8, 4) is 0 Å². The summed E-state index contributed by atoms with van der Waals surface area (Å²) in [4.78, 5) is 27.8. The molecule has 23 heavy (non-hydrogen) atoms. The summed E-state index contributed by atoms with van der Waals surface area (Å²) in [6.07, 6.45) is 3.23. The molecule has 1 fully saturated rings. The lowest BCUT2D eigenvalue weighted by Gasteiger charge is -2.26. The van der Waals surface area contributed by atoms with Gasteiger partial charge in [0, 0.05) is 24.2 Å². The predicted molar refractivity (Wildman–Crippen MR) is 82.9 cm³/mol. The van der Waals surface area contributed by atoms with Crippen molar-refractivity contribution in [1.82, 2.24) is 25.1 Å². The molecule has 120 valence electrons. The molecule has 1 aliphatic rings. The van der Waals surface area contributed by atoms with Crippen molar-refractivity contribution in [2.24, 2.45) is 7.05 Å². The van der Waals surface area contributed by atoms with Crippen LogP contribution in [-0.2, 0) is 7.05 Å². The number of hydrogen-bond acceptors (Lipinski definition) is 5. The summed E-state index contributed by atoms with van der Waals surface area (Å²) in [7, 11) is 1.61. The zero-order chi connectivity index (χ0) is 16.2. The number of piperidine rings is 1. The maximum Gasteiger partial charge on any atom is 0.270 e. The molecule has 0 atom stereocenters. The van der Waals surface area contributed by atoms with Crippen LogP contribution in [0.3, 0.4) is 0 Å². The molecule has 0 bridgehead atoms. The van der Waals surface area contributed by atoms with E-state index in [4.69, 9.17) is 0 Å². The molecule has 0 radical (unpaired) electrons. The van der Waals surface area contributed by atoms with Gasteiger partial charge >= 0.3 is 0 Å². The average Bonchev–Trinajstić information content (AvgIpc) is 3.00. The third-order valence-corrected chi connectivity index (χ3v) is 3.75. The van der Waals surface area contributed by atoms with Crippen LogP contribution < -0.4 is 5.32 Å². The minimum atomic E-state index is -0.369. The summed E-state index contributed by atoms with van der Waals surface area (Å²) in [6.45, 7) is 1.55. The van der Waals surface area contributed by atoms with Crippen molar-refractivity contribution in [3.05, 3.63) is 35.4 Å². The molecule has 0 spiro atoms. The van der Waals surface area contributed by atoms with Crippen LogP contribution in [0.1, 0.15) is 40.0 Å². The third-order valence-electron chi connectivity index (χ3n) is 3.75. The van der Waals surface area contributed by atoms with E-state index in [0.29, 0.717) is 11.1 Å². The van der Waals surface area contributed by atoms with Crippen molar-refractivity contribution >= 4 is 17.8 Å². The fourth-order valence-electron chi connectivity index (χ4n) is 2.58. The van der Waals surface area contributed by atoms with E-state index < -0.39 is 0 Å². The predicted octanol–water partition coefficient (Wildman–Crippen LogP) is 1.09. The van der Waals surface area contributed by atoms with Gasteiger partial charge in [0.15, 0.2) is 0 Å². The maximum atomic E-state index is 12.5. The zero-order valence-corrected chi connectivity index (χ0v) is 12.9. The highest BCUT2D eigenvalue weighted by atomic mass is 16.2. The van der Waals surface area contributed by atoms with Gasteiger partial charge < -0.3 is 4.90 Å². The summed E-state index contributed by atoms with van der Waals surface area (Å²) in [5, 5.41) is 13.8. The number of aryl methyl sites for hydroxylation is 1. The fraction of sp³-hybridized carbons (Fsp3) is 0.400. The van der Waals surface area contributed by atoms with Crippen LogP contribution in [0.25, 0.3) is 0 Å². The number of likely N-dealkylation sites (tertiary alicyclic amines) is 1. The van der Waals surface area contributed by atoms with Crippen LogP contribution in [0.2, 0.25) is 0 Å². The normalized spacial score (nSPS) is 14.6. The summed E-state index contributed by atoms with van der Waals surface area (Å²) in [5.74, 6) is -0.270. The Kier molecular flexibility index (Phi) is 4.31. The van der Waals surface area contributed by atoms with Gasteiger partial charge in [-0.1, -0.05) is 11.2 Å². The van der Waals surface area contributed by atoms with E-state index in [1.54, 1.807) is 31.3 Å². The SMILES string of the molecule is Cn1nnc(NC(=O)c2cccc(C(=O)N3CCCCC3)c2)n1. The number of carbonyl (C=O) groups is 2. The number of anilines is 1. The average molecular weight is 314 g/mol. The zero-order valence-electron chi connectivity index (χ0n) is 12.9. The third kappa shape index (κ3) is 3.53. The van der Waals surface area contributed by atoms with Gasteiger partial charge in [-0.25, -0.2) is 0 Å². The molecular weight excluding hydrogens is 296 g/mol. The molecule has 1 saturated heterocycles. The molecule has 8 nitrogen and oxygen atoms in total. The number of nitrogens with one attached hydrogen (secondary N) is 1. The van der Waals surface area contributed by atoms with E-state index in [0.717, 1.165) is 32.4 Å². The Morgan fingerprint density at radius 1 is 1.13 bits per heavy atom. The standard InChI is InChI=1S/C15H18N6O2/c1-20-18-15(17-19-20)16-13(22)11-6-5-7-12(10-11)14(23)21-8-3-2-4-9-21/h5-7,10H,2-4,8-9H2,1H3,(H,16,18,22). The van der Waals surface area contributed by atoms with Gasteiger partial charge in [-0.15, -0.1) is 5.10 Å². The number of amides is 2. The topological polar surface area (TPSA) is 93.0 Å². The van der Waals surface area contributed by atoms with Crippen LogP contribution in [0, 0.1) is 0 Å². The highest BCUT2D eigenvalue weighted by Gasteiger charge is 2.19. The van der Waals surface area contributed by atoms with Gasteiger partial charge in [0.1, 0.15) is 0 Å². The summed E-state index contributed by atoms with van der Waals surface area (Å²) < 4.78 is 0. The highest BCUT2D eigenvalue weighted by molar-refractivity contribution is 6.05. The lowest BCUT2D eigenvalue weighted by atomic mass is 10.1. The molecule has 0 saturated carbocycles. The highest BCUT2D eigenvalue weighted by Crippen LogP contribution is 2.14. The molecule has 2 aromatic rings. The van der Waals surface area contributed by atoms with Crippen LogP contribution in [0.4, 0.5) is 5.95 Å². The molecule has 2 amide bonds. The number of aromatic nitrogens is 4. The summed E-state index contributed by atoms with van der Waals surface area (Å²) >= 11 is 0. The first kappa shape index (κ1) is 15.1. The first-order valence-corrected chi connectivity index (χ1v) is 7.58. The maximum absolute atomic E-state index is 12.5. The van der Waals surface area contributed by atoms with Gasteiger partial charge in [0.2, 0.25) is 0 Å². The van der Waals surface area contributed by atoms with E-state index in [1.165, 1.54) is 4.80 Å². The number of carbonyl (C=O) groups excluding carboxylic acids is 2. The minimum absolute atomic E-state index is 0.0306. The van der Waals surface area contributed by atoms with Gasteiger partial charge in [0.25, 0.3) is 17.8 Å². The second kappa shape index (κ2) is 6.55. The molecule has 1 aliphatic heterocycles. The van der Waals surface area contributed by atoms with Gasteiger partial charge in [0.05, 0.1) is 7.05 Å². The lowest BCUT2D eigenvalue weighted by molar-refractivity contribution is 0.0724. The summed E-state index contributed by atoms with van der Waals surface area (Å²) in [5.41, 5.74) is 0.909. The van der Waals surface area contributed by atoms with Gasteiger partial charge in [-0.3, -0.25) is 14.9 Å². The van der Waals surface area contributed by atoms with E-state index in [1.807, 2.05) is 4.90 Å². The Bertz CT molecular complexity index is 720. The van der Waals surface area contributed by atoms with E-state index in [2.05, 4.69) is 20.7 Å². The molecule has 3 rings (SSSR count). The molecule has 1 aromatic heterocycles. The molecule has 1 N–H and O–H groups in total. The van der Waals surface area contributed by atoms with Crippen molar-refractivity contribution < 1.29 is 9.59 Å². The van der Waals surface area contributed by atoms with Crippen molar-refractivity contribution in [3.63, 3.8) is 0 Å². The van der Waals surface area contributed by atoms with E-state index in [9.17, 15) is 9.59 Å². The molecule has 0 unspecified atom stereocenters. The molecule has 0 aliphatic carbocycles. The minimum Gasteiger partial charge on any atom is -0.339 e. The van der Waals surface area contributed by atoms with Gasteiger partial charge in [-0.2, -0.15) is 4.80 Å². The summed E-state index contributed by atoms with van der Waals surface area (Å²) in [6, 6.07) is 6.69. The van der Waals surface area contributed by atoms with Crippen molar-refractivity contribution in [1.29, 1.82) is 0 Å². The van der Waals surface area contributed by atoms with Crippen molar-refractivity contribution in [2.45, 2.75) is 19.3 Å². The van der Waals surface area contributed by atoms with Crippen LogP contribution >= 0.6 is 0 Å². The first-order chi connectivity index (χ1) is 11.1. The van der Waals surface area contributed by atoms with Gasteiger partial charge in [-0.05, 0) is 42.7 Å². The largest absolute Gasteiger partial charge is 0.339 e. The van der Waals surface area contributed by atoms with E-state index >= 15 is 0 Å². The number of hydrogen-bond donors (Lipinski definition) is 1. The molecule has 2 heterocycles. The quantitative estimate of drug-likeness (QED) is 0.915. The van der Waals surface area contributed by atoms with E-state index in [-0.39, 0.29) is 17.8 Å². The first-order valence-electron chi connectivity index (χ1n) is 7.58. The second-order valence-electron chi connectivity index (χ2n) is 5.49. The van der Waals surface area contributed by atoms with Crippen molar-refractivity contribution in [2.75, 3.05) is 18.4 Å². The molecule has 1 aromatic carbocycles. The Morgan fingerprint density at radius 2 is 1.87 bits per heavy atom. The second-order valence-corrected chi connectivity index (χ2v) is 5.49. The smallest absolute Gasteiger partial charge is 0.270 e. The Hall–Kier alpha value is -2.77. The Morgan fingerprint density at radius 3 is 2.57 bits per heavy atom. The monoisotopic (exact) mass is 314 g/mol. The number of benzene rings is 1. The Labute approximate surface area is 133 Å². The fourth-order valence-corrected chi connectivity index (χ4v) is 2.58. The molecule has 8 heteroatoms. The van der Waals surface area contributed by atoms with Crippen LogP contribution in [-0.4, -0.2) is 50.0 Å². The number of tetrazole rings is 1. The van der Waals surface area contributed by atoms with Crippen LogP contribution in [0.15, 0.2) is 24.3 Å². The van der Waals surface area contributed by atoms with Crippen LogP contribution in [0.5, 0.6) is 0 Å². The number of nitrogens with zero attached hydrogens (tertiary/aromatic N) is 5.